The van der Waals surface area contributed by atoms with E-state index >= 15 is 0 Å². The number of halogens is 2. The van der Waals surface area contributed by atoms with E-state index in [1.807, 2.05) is 37.3 Å². The third-order valence-corrected chi connectivity index (χ3v) is 5.03. The highest BCUT2D eigenvalue weighted by Crippen LogP contribution is 2.27. The van der Waals surface area contributed by atoms with Crippen LogP contribution in [0.3, 0.4) is 0 Å². The number of carbonyl (C=O) groups excluding carboxylic acids is 1. The van der Waals surface area contributed by atoms with Crippen LogP contribution in [0.5, 0.6) is 0 Å². The average molecular weight is 358 g/mol. The van der Waals surface area contributed by atoms with Crippen molar-refractivity contribution in [3.8, 4) is 5.69 Å². The number of alkyl halides is 1. The van der Waals surface area contributed by atoms with Gasteiger partial charge in [0.1, 0.15) is 17.5 Å². The van der Waals surface area contributed by atoms with Gasteiger partial charge in [-0.05, 0) is 55.7 Å². The van der Waals surface area contributed by atoms with Crippen molar-refractivity contribution in [2.24, 2.45) is 0 Å². The van der Waals surface area contributed by atoms with Crippen LogP contribution in [-0.4, -0.2) is 27.7 Å². The molecule has 25 heavy (non-hydrogen) atoms. The molecule has 0 unspecified atom stereocenters. The van der Waals surface area contributed by atoms with Crippen LogP contribution in [-0.2, 0) is 0 Å². The van der Waals surface area contributed by atoms with Gasteiger partial charge in [-0.3, -0.25) is 9.36 Å². The minimum atomic E-state index is -0.811. The van der Waals surface area contributed by atoms with Gasteiger partial charge in [-0.25, -0.2) is 9.37 Å². The number of aryl methyl sites for hydroxylation is 1. The molecule has 128 valence electrons. The van der Waals surface area contributed by atoms with Crippen molar-refractivity contribution in [1.29, 1.82) is 0 Å². The molecule has 1 saturated carbocycles. The molecule has 4 rings (SSSR count). The van der Waals surface area contributed by atoms with Crippen molar-refractivity contribution < 1.29 is 9.18 Å². The SMILES string of the molecule is Cc1ccc(-n2c(C(=O)NC3CC(F)C3)cc3cccnc32)cc1Cl. The van der Waals surface area contributed by atoms with Crippen LogP contribution in [0.2, 0.25) is 5.02 Å². The van der Waals surface area contributed by atoms with Gasteiger partial charge < -0.3 is 5.32 Å². The number of benzene rings is 1. The number of hydrogen-bond donors (Lipinski definition) is 1. The Balaban J connectivity index is 1.80. The summed E-state index contributed by atoms with van der Waals surface area (Å²) in [5.74, 6) is -0.230. The van der Waals surface area contributed by atoms with Crippen LogP contribution in [0, 0.1) is 6.92 Å². The Morgan fingerprint density at radius 3 is 2.84 bits per heavy atom. The lowest BCUT2D eigenvalue weighted by Gasteiger charge is -2.30. The maximum atomic E-state index is 13.0. The molecular formula is C19H17ClFN3O. The molecule has 0 bridgehead atoms. The summed E-state index contributed by atoms with van der Waals surface area (Å²) in [6, 6.07) is 11.1. The standard InChI is InChI=1S/C19H17ClFN3O/c1-11-4-5-15(10-16(11)20)24-17(7-12-3-2-6-22-18(12)24)19(25)23-14-8-13(21)9-14/h2-7,10,13-14H,8-9H2,1H3,(H,23,25). The topological polar surface area (TPSA) is 46.9 Å². The van der Waals surface area contributed by atoms with Gasteiger partial charge in [0.2, 0.25) is 0 Å². The first kappa shape index (κ1) is 16.1. The van der Waals surface area contributed by atoms with E-state index in [1.54, 1.807) is 16.8 Å². The van der Waals surface area contributed by atoms with Crippen LogP contribution in [0.25, 0.3) is 16.7 Å². The van der Waals surface area contributed by atoms with Crippen LogP contribution >= 0.6 is 11.6 Å². The van der Waals surface area contributed by atoms with Gasteiger partial charge in [-0.15, -0.1) is 0 Å². The fourth-order valence-electron chi connectivity index (χ4n) is 3.11. The van der Waals surface area contributed by atoms with Gasteiger partial charge in [0.05, 0.1) is 0 Å². The van der Waals surface area contributed by atoms with Gasteiger partial charge in [0.25, 0.3) is 5.91 Å². The summed E-state index contributed by atoms with van der Waals surface area (Å²) >= 11 is 6.27. The summed E-state index contributed by atoms with van der Waals surface area (Å²) in [4.78, 5) is 17.2. The number of amides is 1. The van der Waals surface area contributed by atoms with Crippen LogP contribution < -0.4 is 5.32 Å². The molecule has 1 aliphatic rings. The molecule has 0 radical (unpaired) electrons. The van der Waals surface area contributed by atoms with Gasteiger partial charge in [-0.1, -0.05) is 17.7 Å². The predicted molar refractivity (Wildman–Crippen MR) is 96.2 cm³/mol. The van der Waals surface area contributed by atoms with E-state index in [-0.39, 0.29) is 11.9 Å². The first-order valence-corrected chi connectivity index (χ1v) is 8.58. The molecule has 1 aliphatic carbocycles. The number of nitrogens with one attached hydrogen (secondary N) is 1. The molecule has 2 heterocycles. The zero-order valence-corrected chi connectivity index (χ0v) is 14.4. The van der Waals surface area contributed by atoms with Crippen molar-refractivity contribution in [2.45, 2.75) is 32.0 Å². The molecule has 2 aromatic heterocycles. The van der Waals surface area contributed by atoms with Crippen LogP contribution in [0.15, 0.2) is 42.6 Å². The monoisotopic (exact) mass is 357 g/mol. The van der Waals surface area contributed by atoms with Gasteiger partial charge in [0.15, 0.2) is 0 Å². The van der Waals surface area contributed by atoms with Gasteiger partial charge in [-0.2, -0.15) is 0 Å². The van der Waals surface area contributed by atoms with Gasteiger partial charge >= 0.3 is 0 Å². The largest absolute Gasteiger partial charge is 0.348 e. The van der Waals surface area contributed by atoms with Crippen LogP contribution in [0.1, 0.15) is 28.9 Å². The molecular weight excluding hydrogens is 341 g/mol. The molecule has 3 aromatic rings. The van der Waals surface area contributed by atoms with E-state index in [0.717, 1.165) is 16.6 Å². The Labute approximate surface area is 149 Å². The van der Waals surface area contributed by atoms with E-state index in [4.69, 9.17) is 11.6 Å². The Morgan fingerprint density at radius 1 is 1.32 bits per heavy atom. The fourth-order valence-corrected chi connectivity index (χ4v) is 3.28. The molecule has 0 atom stereocenters. The first-order chi connectivity index (χ1) is 12.0. The second kappa shape index (κ2) is 6.15. The van der Waals surface area contributed by atoms with Crippen molar-refractivity contribution >= 4 is 28.5 Å². The highest BCUT2D eigenvalue weighted by molar-refractivity contribution is 6.31. The summed E-state index contributed by atoms with van der Waals surface area (Å²) in [5.41, 5.74) is 2.89. The average Bonchev–Trinajstić information content (AvgIpc) is 2.95. The second-order valence-electron chi connectivity index (χ2n) is 6.45. The number of fused-ring (bicyclic) bond motifs is 1. The molecule has 1 aromatic carbocycles. The lowest BCUT2D eigenvalue weighted by molar-refractivity contribution is 0.0854. The molecule has 0 aliphatic heterocycles. The second-order valence-corrected chi connectivity index (χ2v) is 6.86. The van der Waals surface area contributed by atoms with E-state index in [2.05, 4.69) is 10.3 Å². The molecule has 1 fully saturated rings. The van der Waals surface area contributed by atoms with Crippen molar-refractivity contribution in [3.05, 3.63) is 58.9 Å². The third kappa shape index (κ3) is 2.89. The van der Waals surface area contributed by atoms with E-state index in [9.17, 15) is 9.18 Å². The van der Waals surface area contributed by atoms with Gasteiger partial charge in [0, 0.05) is 28.3 Å². The maximum absolute atomic E-state index is 13.0. The fraction of sp³-hybridized carbons (Fsp3) is 0.263. The Morgan fingerprint density at radius 2 is 2.12 bits per heavy atom. The summed E-state index contributed by atoms with van der Waals surface area (Å²) in [5, 5.41) is 4.39. The third-order valence-electron chi connectivity index (χ3n) is 4.62. The molecule has 0 saturated heterocycles. The minimum Gasteiger partial charge on any atom is -0.348 e. The van der Waals surface area contributed by atoms with Crippen LogP contribution in [0.4, 0.5) is 4.39 Å². The predicted octanol–water partition coefficient (Wildman–Crippen LogP) is 4.22. The number of hydrogen-bond acceptors (Lipinski definition) is 2. The zero-order valence-electron chi connectivity index (χ0n) is 13.7. The smallest absolute Gasteiger partial charge is 0.268 e. The number of aromatic nitrogens is 2. The summed E-state index contributed by atoms with van der Waals surface area (Å²) in [7, 11) is 0. The Kier molecular flexibility index (Phi) is 3.96. The number of carbonyl (C=O) groups is 1. The summed E-state index contributed by atoms with van der Waals surface area (Å²) in [6.45, 7) is 1.93. The number of rotatable bonds is 3. The molecule has 4 nitrogen and oxygen atoms in total. The minimum absolute atomic E-state index is 0.108. The first-order valence-electron chi connectivity index (χ1n) is 8.21. The lowest BCUT2D eigenvalue weighted by atomic mass is 9.91. The number of nitrogens with zero attached hydrogens (tertiary/aromatic N) is 2. The van der Waals surface area contributed by atoms with Crippen molar-refractivity contribution in [3.63, 3.8) is 0 Å². The maximum Gasteiger partial charge on any atom is 0.268 e. The number of pyridine rings is 1. The lowest BCUT2D eigenvalue weighted by Crippen LogP contribution is -2.45. The molecule has 0 spiro atoms. The van der Waals surface area contributed by atoms with Crippen molar-refractivity contribution in [2.75, 3.05) is 0 Å². The summed E-state index contributed by atoms with van der Waals surface area (Å²) in [6.07, 6.45) is 1.63. The Bertz CT molecular complexity index is 962. The van der Waals surface area contributed by atoms with E-state index in [0.29, 0.717) is 29.2 Å². The van der Waals surface area contributed by atoms with E-state index < -0.39 is 6.17 Å². The summed E-state index contributed by atoms with van der Waals surface area (Å²) < 4.78 is 14.8. The Hall–Kier alpha value is -2.40. The van der Waals surface area contributed by atoms with E-state index in [1.165, 1.54) is 0 Å². The zero-order chi connectivity index (χ0) is 17.6. The quantitative estimate of drug-likeness (QED) is 0.763. The normalized spacial score (nSPS) is 19.6. The highest BCUT2D eigenvalue weighted by atomic mass is 35.5. The van der Waals surface area contributed by atoms with Crippen molar-refractivity contribution in [1.82, 2.24) is 14.9 Å². The molecule has 1 N–H and O–H groups in total. The molecule has 6 heteroatoms. The highest BCUT2D eigenvalue weighted by Gasteiger charge is 2.31. The molecule has 1 amide bonds.